The number of rotatable bonds is 4. The van der Waals surface area contributed by atoms with Crippen LogP contribution < -0.4 is 5.73 Å². The van der Waals surface area contributed by atoms with E-state index in [1.165, 1.54) is 5.56 Å². The summed E-state index contributed by atoms with van der Waals surface area (Å²) in [7, 11) is 0. The van der Waals surface area contributed by atoms with Crippen molar-refractivity contribution in [1.29, 1.82) is 0 Å². The quantitative estimate of drug-likeness (QED) is 0.918. The van der Waals surface area contributed by atoms with E-state index in [4.69, 9.17) is 5.73 Å². The topological polar surface area (TPSA) is 46.3 Å². The van der Waals surface area contributed by atoms with Crippen molar-refractivity contribution in [2.75, 3.05) is 0 Å². The Kier molecular flexibility index (Phi) is 4.13. The number of hydrogen-bond acceptors (Lipinski definition) is 2. The van der Waals surface area contributed by atoms with Crippen molar-refractivity contribution in [1.82, 2.24) is 4.90 Å². The second kappa shape index (κ2) is 5.86. The molecule has 2 N–H and O–H groups in total. The lowest BCUT2D eigenvalue weighted by atomic mass is 10.1. The van der Waals surface area contributed by atoms with Gasteiger partial charge in [0.2, 0.25) is 5.91 Å². The molecule has 2 aliphatic carbocycles. The highest BCUT2D eigenvalue weighted by atomic mass is 79.9. The standard InChI is InChI=1S/C16H21BrN2O/c17-13-3-1-2-11(8-13)10-19(15-6-7-15)16(20)12-4-5-14(18)9-12/h1-3,8,12,14-15H,4-7,9-10,18H2/t12-,14+/m0/s1. The molecule has 1 aromatic carbocycles. The molecular weight excluding hydrogens is 316 g/mol. The Bertz CT molecular complexity index is 501. The van der Waals surface area contributed by atoms with Crippen LogP contribution in [0.25, 0.3) is 0 Å². The minimum Gasteiger partial charge on any atom is -0.335 e. The molecular formula is C16H21BrN2O. The largest absolute Gasteiger partial charge is 0.335 e. The number of halogens is 1. The van der Waals surface area contributed by atoms with E-state index in [1.807, 2.05) is 12.1 Å². The van der Waals surface area contributed by atoms with E-state index in [2.05, 4.69) is 33.0 Å². The lowest BCUT2D eigenvalue weighted by Gasteiger charge is -2.26. The Balaban J connectivity index is 1.71. The highest BCUT2D eigenvalue weighted by Crippen LogP contribution is 2.33. The van der Waals surface area contributed by atoms with Gasteiger partial charge in [-0.15, -0.1) is 0 Å². The van der Waals surface area contributed by atoms with E-state index in [0.29, 0.717) is 11.9 Å². The molecule has 108 valence electrons. The van der Waals surface area contributed by atoms with Crippen molar-refractivity contribution in [3.8, 4) is 0 Å². The predicted octanol–water partition coefficient (Wildman–Crippen LogP) is 3.07. The van der Waals surface area contributed by atoms with Crippen molar-refractivity contribution < 1.29 is 4.79 Å². The average Bonchev–Trinajstić information content (AvgIpc) is 3.17. The van der Waals surface area contributed by atoms with Crippen LogP contribution in [0, 0.1) is 5.92 Å². The molecule has 2 aliphatic rings. The average molecular weight is 337 g/mol. The van der Waals surface area contributed by atoms with Crippen molar-refractivity contribution in [3.05, 3.63) is 34.3 Å². The molecule has 0 aromatic heterocycles. The summed E-state index contributed by atoms with van der Waals surface area (Å²) in [6.07, 6.45) is 5.12. The summed E-state index contributed by atoms with van der Waals surface area (Å²) in [5, 5.41) is 0. The van der Waals surface area contributed by atoms with E-state index in [0.717, 1.165) is 43.1 Å². The van der Waals surface area contributed by atoms with Crippen molar-refractivity contribution in [2.45, 2.75) is 50.7 Å². The van der Waals surface area contributed by atoms with Crippen LogP contribution in [0.5, 0.6) is 0 Å². The minimum atomic E-state index is 0.151. The lowest BCUT2D eigenvalue weighted by Crippen LogP contribution is -2.37. The summed E-state index contributed by atoms with van der Waals surface area (Å²) < 4.78 is 1.07. The normalized spacial score (nSPS) is 25.7. The van der Waals surface area contributed by atoms with E-state index < -0.39 is 0 Å². The van der Waals surface area contributed by atoms with Crippen LogP contribution >= 0.6 is 15.9 Å². The first kappa shape index (κ1) is 14.1. The zero-order valence-corrected chi connectivity index (χ0v) is 13.2. The van der Waals surface area contributed by atoms with E-state index in [-0.39, 0.29) is 12.0 Å². The maximum absolute atomic E-state index is 12.7. The SMILES string of the molecule is N[C@@H]1CC[C@H](C(=O)N(Cc2cccc(Br)c2)C2CC2)C1. The zero-order valence-electron chi connectivity index (χ0n) is 11.6. The molecule has 0 bridgehead atoms. The number of nitrogens with zero attached hydrogens (tertiary/aromatic N) is 1. The summed E-state index contributed by atoms with van der Waals surface area (Å²) in [5.41, 5.74) is 7.15. The third-order valence-corrected chi connectivity index (χ3v) is 4.83. The van der Waals surface area contributed by atoms with Gasteiger partial charge in [-0.1, -0.05) is 28.1 Å². The van der Waals surface area contributed by atoms with Gasteiger partial charge in [-0.2, -0.15) is 0 Å². The van der Waals surface area contributed by atoms with Gasteiger partial charge in [0.15, 0.2) is 0 Å². The molecule has 4 heteroatoms. The first-order valence-corrected chi connectivity index (χ1v) is 8.23. The predicted molar refractivity (Wildman–Crippen MR) is 83.0 cm³/mol. The van der Waals surface area contributed by atoms with Gasteiger partial charge in [0.05, 0.1) is 0 Å². The molecule has 0 aliphatic heterocycles. The number of hydrogen-bond donors (Lipinski definition) is 1. The molecule has 0 unspecified atom stereocenters. The van der Waals surface area contributed by atoms with E-state index in [1.54, 1.807) is 0 Å². The van der Waals surface area contributed by atoms with Crippen LogP contribution in [0.3, 0.4) is 0 Å². The second-order valence-electron chi connectivity index (χ2n) is 6.10. The molecule has 1 aromatic rings. The van der Waals surface area contributed by atoms with Gasteiger partial charge in [0.1, 0.15) is 0 Å². The van der Waals surface area contributed by atoms with Gasteiger partial charge in [0.25, 0.3) is 0 Å². The minimum absolute atomic E-state index is 0.151. The van der Waals surface area contributed by atoms with Crippen LogP contribution in [0.15, 0.2) is 28.7 Å². The summed E-state index contributed by atoms with van der Waals surface area (Å²) in [6.45, 7) is 0.731. The van der Waals surface area contributed by atoms with Gasteiger partial charge in [-0.3, -0.25) is 4.79 Å². The summed E-state index contributed by atoms with van der Waals surface area (Å²) >= 11 is 3.50. The molecule has 20 heavy (non-hydrogen) atoms. The highest BCUT2D eigenvalue weighted by Gasteiger charge is 2.38. The number of carbonyl (C=O) groups is 1. The number of carbonyl (C=O) groups excluding carboxylic acids is 1. The zero-order chi connectivity index (χ0) is 14.1. The van der Waals surface area contributed by atoms with E-state index >= 15 is 0 Å². The molecule has 0 saturated heterocycles. The van der Waals surface area contributed by atoms with Crippen LogP contribution in [-0.2, 0) is 11.3 Å². The highest BCUT2D eigenvalue weighted by molar-refractivity contribution is 9.10. The van der Waals surface area contributed by atoms with Gasteiger partial charge in [-0.25, -0.2) is 0 Å². The smallest absolute Gasteiger partial charge is 0.226 e. The number of amides is 1. The maximum atomic E-state index is 12.7. The first-order valence-electron chi connectivity index (χ1n) is 7.44. The summed E-state index contributed by atoms with van der Waals surface area (Å²) in [4.78, 5) is 14.8. The fraction of sp³-hybridized carbons (Fsp3) is 0.562. The molecule has 2 atom stereocenters. The fourth-order valence-electron chi connectivity index (χ4n) is 3.08. The molecule has 2 saturated carbocycles. The molecule has 3 nitrogen and oxygen atoms in total. The molecule has 3 rings (SSSR count). The third kappa shape index (κ3) is 3.23. The van der Waals surface area contributed by atoms with Crippen molar-refractivity contribution >= 4 is 21.8 Å². The van der Waals surface area contributed by atoms with Crippen LogP contribution in [0.1, 0.15) is 37.7 Å². The molecule has 1 amide bonds. The fourth-order valence-corrected chi connectivity index (χ4v) is 3.53. The van der Waals surface area contributed by atoms with Crippen LogP contribution in [0.4, 0.5) is 0 Å². The van der Waals surface area contributed by atoms with Gasteiger partial charge in [0, 0.05) is 29.0 Å². The Morgan fingerprint density at radius 1 is 1.30 bits per heavy atom. The van der Waals surface area contributed by atoms with E-state index in [9.17, 15) is 4.79 Å². The Morgan fingerprint density at radius 3 is 2.70 bits per heavy atom. The Morgan fingerprint density at radius 2 is 2.10 bits per heavy atom. The Hall–Kier alpha value is -0.870. The summed E-state index contributed by atoms with van der Waals surface area (Å²) in [6, 6.07) is 8.91. The maximum Gasteiger partial charge on any atom is 0.226 e. The molecule has 0 spiro atoms. The van der Waals surface area contributed by atoms with Crippen molar-refractivity contribution in [3.63, 3.8) is 0 Å². The lowest BCUT2D eigenvalue weighted by molar-refractivity contribution is -0.136. The van der Waals surface area contributed by atoms with Crippen LogP contribution in [0.2, 0.25) is 0 Å². The molecule has 2 fully saturated rings. The first-order chi connectivity index (χ1) is 9.63. The van der Waals surface area contributed by atoms with Crippen molar-refractivity contribution in [2.24, 2.45) is 11.7 Å². The number of benzene rings is 1. The number of nitrogens with two attached hydrogens (primary N) is 1. The van der Waals surface area contributed by atoms with Crippen LogP contribution in [-0.4, -0.2) is 22.9 Å². The van der Waals surface area contributed by atoms with Gasteiger partial charge >= 0.3 is 0 Å². The third-order valence-electron chi connectivity index (χ3n) is 4.34. The molecule has 0 radical (unpaired) electrons. The van der Waals surface area contributed by atoms with Gasteiger partial charge in [-0.05, 0) is 49.8 Å². The molecule has 0 heterocycles. The van der Waals surface area contributed by atoms with Gasteiger partial charge < -0.3 is 10.6 Å². The second-order valence-corrected chi connectivity index (χ2v) is 7.01. The Labute approximate surface area is 128 Å². The summed E-state index contributed by atoms with van der Waals surface area (Å²) in [5.74, 6) is 0.471. The monoisotopic (exact) mass is 336 g/mol.